The van der Waals surface area contributed by atoms with Gasteiger partial charge in [0.15, 0.2) is 0 Å². The first kappa shape index (κ1) is 23.8. The molecule has 150 valence electrons. The molecule has 5 N–H and O–H groups in total. The minimum Gasteiger partial charge on any atom is -0.469 e. The van der Waals surface area contributed by atoms with Gasteiger partial charge < -0.3 is 26.4 Å². The average Bonchev–Trinajstić information content (AvgIpc) is 3.01. The van der Waals surface area contributed by atoms with Gasteiger partial charge in [0.1, 0.15) is 6.04 Å². The number of primary amides is 2. The van der Waals surface area contributed by atoms with Crippen molar-refractivity contribution in [2.45, 2.75) is 64.5 Å². The van der Waals surface area contributed by atoms with Gasteiger partial charge in [-0.15, -0.1) is 0 Å². The number of esters is 1. The summed E-state index contributed by atoms with van der Waals surface area (Å²) in [5.41, 5.74) is 10.3. The van der Waals surface area contributed by atoms with E-state index in [1.807, 2.05) is 13.8 Å². The number of nitrogens with zero attached hydrogens (tertiary/aromatic N) is 1. The third-order valence-electron chi connectivity index (χ3n) is 4.13. The van der Waals surface area contributed by atoms with Gasteiger partial charge in [0.25, 0.3) is 0 Å². The van der Waals surface area contributed by atoms with Crippen molar-refractivity contribution < 1.29 is 23.9 Å². The lowest BCUT2D eigenvalue weighted by Crippen LogP contribution is -2.44. The van der Waals surface area contributed by atoms with E-state index in [4.69, 9.17) is 11.5 Å². The second kappa shape index (κ2) is 13.1. The Morgan fingerprint density at radius 1 is 1.19 bits per heavy atom. The predicted octanol–water partition coefficient (Wildman–Crippen LogP) is -0.334. The van der Waals surface area contributed by atoms with Gasteiger partial charge in [0.05, 0.1) is 13.2 Å². The summed E-state index contributed by atoms with van der Waals surface area (Å²) in [7, 11) is 1.36. The van der Waals surface area contributed by atoms with E-state index >= 15 is 0 Å². The van der Waals surface area contributed by atoms with Gasteiger partial charge in [0.2, 0.25) is 17.7 Å². The molecule has 1 rings (SSSR count). The molecule has 1 aliphatic heterocycles. The molecule has 0 aromatic carbocycles. The van der Waals surface area contributed by atoms with E-state index in [0.717, 1.165) is 6.42 Å². The summed E-state index contributed by atoms with van der Waals surface area (Å²) in [6.45, 7) is 5.01. The van der Waals surface area contributed by atoms with E-state index in [9.17, 15) is 19.2 Å². The van der Waals surface area contributed by atoms with Crippen LogP contribution in [-0.2, 0) is 23.9 Å². The van der Waals surface area contributed by atoms with Gasteiger partial charge >= 0.3 is 5.97 Å². The molecule has 0 aromatic heterocycles. The zero-order chi connectivity index (χ0) is 20.1. The normalized spacial score (nSPS) is 15.7. The van der Waals surface area contributed by atoms with Crippen LogP contribution in [0.25, 0.3) is 0 Å². The van der Waals surface area contributed by atoms with Crippen LogP contribution in [0.15, 0.2) is 0 Å². The van der Waals surface area contributed by atoms with Crippen LogP contribution in [-0.4, -0.2) is 60.9 Å². The van der Waals surface area contributed by atoms with E-state index in [0.29, 0.717) is 45.2 Å². The Kier molecular flexibility index (Phi) is 12.0. The van der Waals surface area contributed by atoms with Crippen molar-refractivity contribution in [1.29, 1.82) is 0 Å². The number of likely N-dealkylation sites (tertiary alicyclic amines) is 1. The van der Waals surface area contributed by atoms with Crippen LogP contribution in [0.3, 0.4) is 0 Å². The maximum absolute atomic E-state index is 11.2. The number of carbonyl (C=O) groups excluding carboxylic acids is 4. The summed E-state index contributed by atoms with van der Waals surface area (Å²) in [5.74, 6) is -0.933. The smallest absolute Gasteiger partial charge is 0.305 e. The highest BCUT2D eigenvalue weighted by Crippen LogP contribution is 2.15. The number of hydrogen-bond acceptors (Lipinski definition) is 6. The van der Waals surface area contributed by atoms with Crippen LogP contribution in [0.5, 0.6) is 0 Å². The molecule has 0 radical (unpaired) electrons. The van der Waals surface area contributed by atoms with Crippen molar-refractivity contribution in [2.24, 2.45) is 11.5 Å². The second-order valence-corrected chi connectivity index (χ2v) is 6.01. The minimum atomic E-state index is -0.396. The lowest BCUT2D eigenvalue weighted by atomic mass is 10.2. The molecule has 9 heteroatoms. The van der Waals surface area contributed by atoms with Crippen LogP contribution in [0, 0.1) is 0 Å². The summed E-state index contributed by atoms with van der Waals surface area (Å²) in [4.78, 5) is 45.2. The van der Waals surface area contributed by atoms with Gasteiger partial charge in [-0.3, -0.25) is 19.2 Å². The summed E-state index contributed by atoms with van der Waals surface area (Å²) < 4.78 is 4.47. The second-order valence-electron chi connectivity index (χ2n) is 6.01. The molecule has 1 heterocycles. The Hall–Kier alpha value is -2.16. The summed E-state index contributed by atoms with van der Waals surface area (Å²) >= 11 is 0. The molecule has 0 spiro atoms. The van der Waals surface area contributed by atoms with Gasteiger partial charge in [-0.1, -0.05) is 13.8 Å². The minimum absolute atomic E-state index is 0.0562. The van der Waals surface area contributed by atoms with Crippen molar-refractivity contribution in [3.05, 3.63) is 0 Å². The number of hydrogen-bond donors (Lipinski definition) is 3. The largest absolute Gasteiger partial charge is 0.469 e. The van der Waals surface area contributed by atoms with Gasteiger partial charge in [-0.05, 0) is 32.2 Å². The molecule has 2 atom stereocenters. The van der Waals surface area contributed by atoms with Gasteiger partial charge in [0, 0.05) is 19.4 Å². The highest BCUT2D eigenvalue weighted by molar-refractivity contribution is 5.87. The van der Waals surface area contributed by atoms with Gasteiger partial charge in [-0.25, -0.2) is 0 Å². The number of nitrogens with two attached hydrogens (primary N) is 2. The first-order valence-electron chi connectivity index (χ1n) is 8.96. The molecular formula is C17H32N4O5. The molecule has 0 unspecified atom stereocenters. The van der Waals surface area contributed by atoms with Crippen molar-refractivity contribution in [1.82, 2.24) is 10.2 Å². The summed E-state index contributed by atoms with van der Waals surface area (Å²) in [6.07, 6.45) is 3.69. The molecule has 0 bridgehead atoms. The number of rotatable bonds is 10. The molecule has 1 saturated heterocycles. The molecular weight excluding hydrogens is 340 g/mol. The molecule has 3 amide bonds. The molecule has 1 aliphatic rings. The molecule has 0 saturated carbocycles. The van der Waals surface area contributed by atoms with E-state index in [-0.39, 0.29) is 29.9 Å². The predicted molar refractivity (Wildman–Crippen MR) is 96.7 cm³/mol. The van der Waals surface area contributed by atoms with Crippen LogP contribution in [0.2, 0.25) is 0 Å². The lowest BCUT2D eigenvalue weighted by molar-refractivity contribution is -0.140. The van der Waals surface area contributed by atoms with Crippen LogP contribution in [0.4, 0.5) is 0 Å². The van der Waals surface area contributed by atoms with E-state index < -0.39 is 5.91 Å². The summed E-state index contributed by atoms with van der Waals surface area (Å²) in [5, 5.41) is 2.97. The Morgan fingerprint density at radius 2 is 1.85 bits per heavy atom. The molecule has 9 nitrogen and oxygen atoms in total. The number of methoxy groups -OCH3 is 1. The zero-order valence-corrected chi connectivity index (χ0v) is 16.0. The fourth-order valence-electron chi connectivity index (χ4n) is 2.63. The van der Waals surface area contributed by atoms with Crippen molar-refractivity contribution >= 4 is 23.7 Å². The van der Waals surface area contributed by atoms with Gasteiger partial charge in [-0.2, -0.15) is 0 Å². The average molecular weight is 372 g/mol. The Balaban J connectivity index is 0.000000485. The standard InChI is InChI=1S/C9H18N2O3.C8H14N2O2/c1-3-7(9(10)13)11-6-4-5-8(12)14-2;1-2-6(8(9)12)10-5-3-4-7(10)11/h7,11H,3-6H2,1-2H3,(H2,10,13);6H,2-5H2,1H3,(H2,9,12)/t7-;6-/m11/s1. The SMILES string of the molecule is CC[C@@H](NCCCC(=O)OC)C(N)=O.CC[C@H](C(N)=O)N1CCCC1=O. The zero-order valence-electron chi connectivity index (χ0n) is 16.0. The van der Waals surface area contributed by atoms with Crippen molar-refractivity contribution in [3.8, 4) is 0 Å². The fraction of sp³-hybridized carbons (Fsp3) is 0.765. The maximum Gasteiger partial charge on any atom is 0.305 e. The lowest BCUT2D eigenvalue weighted by Gasteiger charge is -2.23. The molecule has 0 aliphatic carbocycles. The highest BCUT2D eigenvalue weighted by Gasteiger charge is 2.29. The Bertz CT molecular complexity index is 484. The highest BCUT2D eigenvalue weighted by atomic mass is 16.5. The maximum atomic E-state index is 11.2. The quantitative estimate of drug-likeness (QED) is 0.353. The van der Waals surface area contributed by atoms with E-state index in [1.54, 1.807) is 4.90 Å². The fourth-order valence-corrected chi connectivity index (χ4v) is 2.63. The molecule has 0 aromatic rings. The number of carbonyl (C=O) groups is 4. The van der Waals surface area contributed by atoms with E-state index in [1.165, 1.54) is 7.11 Å². The monoisotopic (exact) mass is 372 g/mol. The third kappa shape index (κ3) is 8.80. The first-order chi connectivity index (χ1) is 12.3. The van der Waals surface area contributed by atoms with Crippen LogP contribution >= 0.6 is 0 Å². The molecule has 1 fully saturated rings. The van der Waals surface area contributed by atoms with Crippen LogP contribution < -0.4 is 16.8 Å². The van der Waals surface area contributed by atoms with E-state index in [2.05, 4.69) is 10.1 Å². The first-order valence-corrected chi connectivity index (χ1v) is 8.96. The number of nitrogens with one attached hydrogen (secondary N) is 1. The number of amides is 3. The molecule has 26 heavy (non-hydrogen) atoms. The Labute approximate surface area is 154 Å². The third-order valence-corrected chi connectivity index (χ3v) is 4.13. The topological polar surface area (TPSA) is 145 Å². The van der Waals surface area contributed by atoms with Crippen LogP contribution in [0.1, 0.15) is 52.4 Å². The Morgan fingerprint density at radius 3 is 2.23 bits per heavy atom. The van der Waals surface area contributed by atoms with Crippen molar-refractivity contribution in [3.63, 3.8) is 0 Å². The summed E-state index contributed by atoms with van der Waals surface area (Å²) in [6, 6.07) is -0.687. The number of ether oxygens (including phenoxy) is 1. The van der Waals surface area contributed by atoms with Crippen molar-refractivity contribution in [2.75, 3.05) is 20.2 Å².